The van der Waals surface area contributed by atoms with Crippen molar-refractivity contribution in [2.24, 2.45) is 5.92 Å². The zero-order valence-electron chi connectivity index (χ0n) is 18.1. The number of nitrogens with one attached hydrogen (secondary N) is 1. The molecular weight excluding hydrogens is 392 g/mol. The second kappa shape index (κ2) is 8.88. The first-order valence-electron chi connectivity index (χ1n) is 10.9. The van der Waals surface area contributed by atoms with E-state index in [1.54, 1.807) is 21.9 Å². The second-order valence-corrected chi connectivity index (χ2v) is 8.24. The third-order valence-corrected chi connectivity index (χ3v) is 6.04. The minimum absolute atomic E-state index is 0.0609. The highest BCUT2D eigenvalue weighted by Gasteiger charge is 2.30. The van der Waals surface area contributed by atoms with Crippen LogP contribution in [0.2, 0.25) is 0 Å². The van der Waals surface area contributed by atoms with Crippen LogP contribution in [0.4, 0.5) is 11.5 Å². The van der Waals surface area contributed by atoms with Gasteiger partial charge in [0.25, 0.3) is 5.91 Å². The van der Waals surface area contributed by atoms with E-state index >= 15 is 0 Å². The van der Waals surface area contributed by atoms with Crippen LogP contribution in [0, 0.1) is 12.8 Å². The summed E-state index contributed by atoms with van der Waals surface area (Å²) < 4.78 is 0. The van der Waals surface area contributed by atoms with E-state index in [9.17, 15) is 14.4 Å². The number of hydrogen-bond donors (Lipinski definition) is 1. The molecule has 1 saturated heterocycles. The Bertz CT molecular complexity index is 1020. The third kappa shape index (κ3) is 4.45. The number of piperidine rings is 1. The van der Waals surface area contributed by atoms with E-state index in [1.807, 2.05) is 38.1 Å². The molecule has 7 heteroatoms. The summed E-state index contributed by atoms with van der Waals surface area (Å²) in [7, 11) is 0. The van der Waals surface area contributed by atoms with E-state index in [0.717, 1.165) is 36.2 Å². The highest BCUT2D eigenvalue weighted by Crippen LogP contribution is 2.30. The number of pyridine rings is 1. The summed E-state index contributed by atoms with van der Waals surface area (Å²) >= 11 is 0. The summed E-state index contributed by atoms with van der Waals surface area (Å²) in [5, 5.41) is 2.88. The molecule has 0 radical (unpaired) electrons. The van der Waals surface area contributed by atoms with Crippen molar-refractivity contribution in [1.82, 2.24) is 9.88 Å². The molecule has 1 aromatic heterocycles. The molecule has 0 saturated carbocycles. The molecule has 4 rings (SSSR count). The monoisotopic (exact) mass is 420 g/mol. The number of hydrogen-bond acceptors (Lipinski definition) is 4. The standard InChI is InChI=1S/C24H28N4O3/c1-3-22(29)28-13-11-17-14-18(9-10-20(17)28)24(31)27-12-5-7-19(15-27)23(30)26-21-8-4-6-16(2)25-21/h4,6,8-10,14,19H,3,5,7,11-13,15H2,1-2H3,(H,25,26,30). The molecule has 0 spiro atoms. The van der Waals surface area contributed by atoms with Gasteiger partial charge < -0.3 is 15.1 Å². The number of benzene rings is 1. The molecule has 7 nitrogen and oxygen atoms in total. The fourth-order valence-electron chi connectivity index (χ4n) is 4.38. The average Bonchev–Trinajstić information content (AvgIpc) is 3.21. The SMILES string of the molecule is CCC(=O)N1CCc2cc(C(=O)N3CCCC(C(=O)Nc4cccc(C)n4)C3)ccc21. The van der Waals surface area contributed by atoms with Crippen LogP contribution in [0.3, 0.4) is 0 Å². The molecule has 162 valence electrons. The second-order valence-electron chi connectivity index (χ2n) is 8.24. The number of aryl methyl sites for hydroxylation is 1. The predicted molar refractivity (Wildman–Crippen MR) is 119 cm³/mol. The van der Waals surface area contributed by atoms with Crippen molar-refractivity contribution in [3.8, 4) is 0 Å². The Morgan fingerprint density at radius 1 is 1.16 bits per heavy atom. The number of anilines is 2. The van der Waals surface area contributed by atoms with Crippen molar-refractivity contribution in [3.05, 3.63) is 53.2 Å². The van der Waals surface area contributed by atoms with Gasteiger partial charge in [-0.3, -0.25) is 14.4 Å². The highest BCUT2D eigenvalue weighted by atomic mass is 16.2. The van der Waals surface area contributed by atoms with Crippen LogP contribution >= 0.6 is 0 Å². The summed E-state index contributed by atoms with van der Waals surface area (Å²) in [6.45, 7) is 5.44. The van der Waals surface area contributed by atoms with E-state index in [2.05, 4.69) is 10.3 Å². The molecule has 1 atom stereocenters. The Labute approximate surface area is 182 Å². The molecule has 0 aliphatic carbocycles. The van der Waals surface area contributed by atoms with Crippen LogP contribution < -0.4 is 10.2 Å². The summed E-state index contributed by atoms with van der Waals surface area (Å²) in [5.74, 6) is 0.226. The van der Waals surface area contributed by atoms with Crippen LogP contribution in [0.5, 0.6) is 0 Å². The molecule has 31 heavy (non-hydrogen) atoms. The lowest BCUT2D eigenvalue weighted by Gasteiger charge is -2.32. The summed E-state index contributed by atoms with van der Waals surface area (Å²) in [4.78, 5) is 45.9. The lowest BCUT2D eigenvalue weighted by atomic mass is 9.96. The van der Waals surface area contributed by atoms with Crippen LogP contribution in [-0.4, -0.2) is 47.2 Å². The molecule has 1 aromatic carbocycles. The van der Waals surface area contributed by atoms with Gasteiger partial charge in [0.2, 0.25) is 11.8 Å². The molecule has 2 aliphatic rings. The molecular formula is C24H28N4O3. The zero-order valence-corrected chi connectivity index (χ0v) is 18.1. The molecule has 2 aliphatic heterocycles. The van der Waals surface area contributed by atoms with Gasteiger partial charge in [-0.05, 0) is 62.1 Å². The summed E-state index contributed by atoms with van der Waals surface area (Å²) in [6, 6.07) is 11.1. The largest absolute Gasteiger partial charge is 0.338 e. The molecule has 1 unspecified atom stereocenters. The number of fused-ring (bicyclic) bond motifs is 1. The van der Waals surface area contributed by atoms with E-state index in [4.69, 9.17) is 0 Å². The first-order valence-corrected chi connectivity index (χ1v) is 10.9. The number of amides is 3. The van der Waals surface area contributed by atoms with Gasteiger partial charge in [-0.2, -0.15) is 0 Å². The smallest absolute Gasteiger partial charge is 0.253 e. The van der Waals surface area contributed by atoms with Gasteiger partial charge in [0.15, 0.2) is 0 Å². The Morgan fingerprint density at radius 2 is 2.00 bits per heavy atom. The van der Waals surface area contributed by atoms with E-state index in [0.29, 0.717) is 37.4 Å². The van der Waals surface area contributed by atoms with Crippen LogP contribution in [0.15, 0.2) is 36.4 Å². The fourth-order valence-corrected chi connectivity index (χ4v) is 4.38. The summed E-state index contributed by atoms with van der Waals surface area (Å²) in [5.41, 5.74) is 3.40. The lowest BCUT2D eigenvalue weighted by molar-refractivity contribution is -0.121. The highest BCUT2D eigenvalue weighted by molar-refractivity contribution is 5.99. The normalized spacial score (nSPS) is 17.9. The minimum Gasteiger partial charge on any atom is -0.338 e. The van der Waals surface area contributed by atoms with Crippen molar-refractivity contribution < 1.29 is 14.4 Å². The van der Waals surface area contributed by atoms with Gasteiger partial charge >= 0.3 is 0 Å². The van der Waals surface area contributed by atoms with Crippen molar-refractivity contribution in [1.29, 1.82) is 0 Å². The molecule has 3 heterocycles. The number of aromatic nitrogens is 1. The zero-order chi connectivity index (χ0) is 22.0. The molecule has 0 bridgehead atoms. The number of carbonyl (C=O) groups is 3. The van der Waals surface area contributed by atoms with Crippen LogP contribution in [-0.2, 0) is 16.0 Å². The first-order chi connectivity index (χ1) is 15.0. The van der Waals surface area contributed by atoms with Crippen molar-refractivity contribution >= 4 is 29.2 Å². The topological polar surface area (TPSA) is 82.6 Å². The molecule has 1 N–H and O–H groups in total. The van der Waals surface area contributed by atoms with Crippen molar-refractivity contribution in [2.75, 3.05) is 29.9 Å². The molecule has 1 fully saturated rings. The van der Waals surface area contributed by atoms with Gasteiger partial charge in [-0.25, -0.2) is 4.98 Å². The maximum absolute atomic E-state index is 13.1. The fraction of sp³-hybridized carbons (Fsp3) is 0.417. The van der Waals surface area contributed by atoms with Crippen LogP contribution in [0.25, 0.3) is 0 Å². The Balaban J connectivity index is 1.43. The van der Waals surface area contributed by atoms with Gasteiger partial charge in [0.05, 0.1) is 5.92 Å². The van der Waals surface area contributed by atoms with E-state index in [-0.39, 0.29) is 23.6 Å². The molecule has 2 aromatic rings. The minimum atomic E-state index is -0.257. The Hall–Kier alpha value is -3.22. The maximum atomic E-state index is 13.1. The first kappa shape index (κ1) is 21.0. The number of carbonyl (C=O) groups excluding carboxylic acids is 3. The van der Waals surface area contributed by atoms with Gasteiger partial charge in [-0.1, -0.05) is 13.0 Å². The lowest BCUT2D eigenvalue weighted by Crippen LogP contribution is -2.43. The predicted octanol–water partition coefficient (Wildman–Crippen LogP) is 3.18. The van der Waals surface area contributed by atoms with Gasteiger partial charge in [0, 0.05) is 43.0 Å². The van der Waals surface area contributed by atoms with Crippen molar-refractivity contribution in [2.45, 2.75) is 39.5 Å². The Morgan fingerprint density at radius 3 is 2.77 bits per heavy atom. The summed E-state index contributed by atoms with van der Waals surface area (Å²) in [6.07, 6.45) is 2.76. The van der Waals surface area contributed by atoms with E-state index < -0.39 is 0 Å². The average molecular weight is 421 g/mol. The molecule has 3 amide bonds. The third-order valence-electron chi connectivity index (χ3n) is 6.04. The maximum Gasteiger partial charge on any atom is 0.253 e. The number of rotatable bonds is 4. The number of likely N-dealkylation sites (tertiary alicyclic amines) is 1. The number of nitrogens with zero attached hydrogens (tertiary/aromatic N) is 3. The van der Waals surface area contributed by atoms with Gasteiger partial charge in [-0.15, -0.1) is 0 Å². The quantitative estimate of drug-likeness (QED) is 0.824. The van der Waals surface area contributed by atoms with Crippen molar-refractivity contribution in [3.63, 3.8) is 0 Å². The Kier molecular flexibility index (Phi) is 6.02. The van der Waals surface area contributed by atoms with E-state index in [1.165, 1.54) is 0 Å². The van der Waals surface area contributed by atoms with Crippen LogP contribution in [0.1, 0.15) is 47.8 Å². The van der Waals surface area contributed by atoms with Gasteiger partial charge in [0.1, 0.15) is 5.82 Å².